The Kier molecular flexibility index (Phi) is 6.52. The summed E-state index contributed by atoms with van der Waals surface area (Å²) >= 11 is 21.8. The van der Waals surface area contributed by atoms with Crippen molar-refractivity contribution in [3.63, 3.8) is 0 Å². The van der Waals surface area contributed by atoms with Gasteiger partial charge in [0.15, 0.2) is 0 Å². The van der Waals surface area contributed by atoms with Gasteiger partial charge in [0.25, 0.3) is 11.6 Å². The van der Waals surface area contributed by atoms with Crippen molar-refractivity contribution in [2.75, 3.05) is 19.1 Å². The molecule has 158 valence electrons. The molecule has 0 N–H and O–H groups in total. The maximum Gasteiger partial charge on any atom is 0.373 e. The molecule has 2 aromatic carbocycles. The van der Waals surface area contributed by atoms with Crippen molar-refractivity contribution in [2.24, 2.45) is 0 Å². The number of esters is 2. The van der Waals surface area contributed by atoms with E-state index in [9.17, 15) is 14.4 Å². The summed E-state index contributed by atoms with van der Waals surface area (Å²) in [6.45, 7) is 0. The fraction of sp³-hybridized carbons (Fsp3) is 0.211. The van der Waals surface area contributed by atoms with Gasteiger partial charge in [-0.15, -0.1) is 0 Å². The van der Waals surface area contributed by atoms with Crippen LogP contribution in [0.2, 0.25) is 15.1 Å². The Morgan fingerprint density at radius 3 is 2.37 bits per heavy atom. The van der Waals surface area contributed by atoms with Crippen molar-refractivity contribution < 1.29 is 28.6 Å². The third-order valence-corrected chi connectivity index (χ3v) is 5.88. The van der Waals surface area contributed by atoms with Crippen molar-refractivity contribution in [2.45, 2.75) is 12.1 Å². The normalized spacial score (nSPS) is 17.8. The number of hydrogen-bond acceptors (Lipinski definition) is 6. The average molecular weight is 538 g/mol. The van der Waals surface area contributed by atoms with Gasteiger partial charge < -0.3 is 14.2 Å². The second kappa shape index (κ2) is 8.63. The van der Waals surface area contributed by atoms with Crippen LogP contribution in [-0.2, 0) is 19.1 Å². The third kappa shape index (κ3) is 3.85. The van der Waals surface area contributed by atoms with Gasteiger partial charge in [0.2, 0.25) is 0 Å². The lowest BCUT2D eigenvalue weighted by Crippen LogP contribution is -2.65. The highest BCUT2D eigenvalue weighted by atomic mass is 79.9. The van der Waals surface area contributed by atoms with Crippen LogP contribution in [0.25, 0.3) is 0 Å². The number of amides is 1. The number of hydrogen-bond donors (Lipinski definition) is 0. The Morgan fingerprint density at radius 1 is 1.07 bits per heavy atom. The van der Waals surface area contributed by atoms with Crippen molar-refractivity contribution in [3.8, 4) is 5.75 Å². The zero-order valence-corrected chi connectivity index (χ0v) is 19.4. The molecule has 1 amide bonds. The summed E-state index contributed by atoms with van der Waals surface area (Å²) in [6, 6.07) is 7.22. The van der Waals surface area contributed by atoms with Gasteiger partial charge in [-0.05, 0) is 30.3 Å². The molecule has 0 aromatic heterocycles. The van der Waals surface area contributed by atoms with Gasteiger partial charge in [0.1, 0.15) is 12.2 Å². The monoisotopic (exact) mass is 535 g/mol. The van der Waals surface area contributed by atoms with Gasteiger partial charge in [-0.25, -0.2) is 4.79 Å². The van der Waals surface area contributed by atoms with E-state index in [2.05, 4.69) is 15.9 Å². The number of carbonyl (C=O) groups excluding carboxylic acids is 3. The first-order valence-corrected chi connectivity index (χ1v) is 10.2. The van der Waals surface area contributed by atoms with Gasteiger partial charge in [0, 0.05) is 4.47 Å². The van der Waals surface area contributed by atoms with Crippen LogP contribution < -0.4 is 9.64 Å². The molecule has 3 rings (SSSR count). The Hall–Kier alpha value is -2.00. The third-order valence-electron chi connectivity index (χ3n) is 4.36. The smallest absolute Gasteiger partial charge is 0.373 e. The lowest BCUT2D eigenvalue weighted by molar-refractivity contribution is -0.166. The molecular weight excluding hydrogens is 524 g/mol. The van der Waals surface area contributed by atoms with E-state index in [0.717, 1.165) is 19.1 Å². The van der Waals surface area contributed by atoms with E-state index in [0.29, 0.717) is 4.47 Å². The molecule has 0 fully saturated rings. The van der Waals surface area contributed by atoms with Crippen LogP contribution in [0.5, 0.6) is 5.75 Å². The molecular formula is C19H13BrCl3NO6. The fourth-order valence-electron chi connectivity index (χ4n) is 3.01. The molecule has 1 atom stereocenters. The van der Waals surface area contributed by atoms with Crippen molar-refractivity contribution in [3.05, 3.63) is 55.4 Å². The number of halogens is 4. The van der Waals surface area contributed by atoms with Gasteiger partial charge >= 0.3 is 11.9 Å². The molecule has 1 aliphatic rings. The largest absolute Gasteiger partial charge is 0.469 e. The molecule has 1 aliphatic heterocycles. The molecule has 11 heteroatoms. The second-order valence-corrected chi connectivity index (χ2v) is 8.27. The predicted octanol–water partition coefficient (Wildman–Crippen LogP) is 4.88. The first-order valence-electron chi connectivity index (χ1n) is 8.27. The number of nitrogens with zero attached hydrogens (tertiary/aromatic N) is 1. The summed E-state index contributed by atoms with van der Waals surface area (Å²) in [6.07, 6.45) is -0.673. The van der Waals surface area contributed by atoms with Crippen LogP contribution in [0.3, 0.4) is 0 Å². The summed E-state index contributed by atoms with van der Waals surface area (Å²) in [5.41, 5.74) is -2.12. The van der Waals surface area contributed by atoms with E-state index < -0.39 is 30.0 Å². The Bertz CT molecular complexity index is 1060. The molecule has 0 unspecified atom stereocenters. The number of ether oxygens (including phenoxy) is 3. The Labute approximate surface area is 194 Å². The number of carbonyl (C=O) groups is 3. The average Bonchev–Trinajstić information content (AvgIpc) is 2.71. The number of fused-ring (bicyclic) bond motifs is 1. The molecule has 0 aliphatic carbocycles. The highest BCUT2D eigenvalue weighted by molar-refractivity contribution is 9.10. The number of anilines is 1. The quantitative estimate of drug-likeness (QED) is 0.409. The summed E-state index contributed by atoms with van der Waals surface area (Å²) in [5.74, 6) is -2.44. The topological polar surface area (TPSA) is 82.1 Å². The summed E-state index contributed by atoms with van der Waals surface area (Å²) in [5, 5.41) is 0.203. The molecule has 0 saturated heterocycles. The lowest BCUT2D eigenvalue weighted by atomic mass is 9.99. The summed E-state index contributed by atoms with van der Waals surface area (Å²) in [4.78, 5) is 39.7. The van der Waals surface area contributed by atoms with Crippen LogP contribution in [0.1, 0.15) is 16.8 Å². The summed E-state index contributed by atoms with van der Waals surface area (Å²) < 4.78 is 16.1. The van der Waals surface area contributed by atoms with Gasteiger partial charge in [0.05, 0.1) is 40.5 Å². The molecule has 2 aromatic rings. The molecule has 0 bridgehead atoms. The van der Waals surface area contributed by atoms with E-state index in [4.69, 9.17) is 49.0 Å². The Morgan fingerprint density at radius 2 is 1.73 bits per heavy atom. The van der Waals surface area contributed by atoms with E-state index in [1.165, 1.54) is 24.3 Å². The highest BCUT2D eigenvalue weighted by Crippen LogP contribution is 2.44. The zero-order chi connectivity index (χ0) is 22.2. The van der Waals surface area contributed by atoms with Gasteiger partial charge in [-0.2, -0.15) is 0 Å². The van der Waals surface area contributed by atoms with Crippen molar-refractivity contribution >= 4 is 74.3 Å². The Balaban J connectivity index is 2.34. The predicted molar refractivity (Wildman–Crippen MR) is 114 cm³/mol. The van der Waals surface area contributed by atoms with Gasteiger partial charge in [-0.3, -0.25) is 14.5 Å². The SMILES string of the molecule is COC(=O)C[C@]1(C(=O)OC)Oc2ccc(Br)cc2C(=O)N1c1cc(Cl)c(Cl)cc1Cl. The van der Waals surface area contributed by atoms with Crippen LogP contribution in [0.4, 0.5) is 5.69 Å². The first kappa shape index (κ1) is 22.7. The zero-order valence-electron chi connectivity index (χ0n) is 15.5. The van der Waals surface area contributed by atoms with E-state index in [-0.39, 0.29) is 32.1 Å². The second-order valence-electron chi connectivity index (χ2n) is 6.13. The van der Waals surface area contributed by atoms with Crippen molar-refractivity contribution in [1.29, 1.82) is 0 Å². The number of methoxy groups -OCH3 is 2. The molecule has 0 spiro atoms. The molecule has 0 saturated carbocycles. The van der Waals surface area contributed by atoms with Crippen LogP contribution in [0.15, 0.2) is 34.8 Å². The molecule has 30 heavy (non-hydrogen) atoms. The molecule has 0 radical (unpaired) electrons. The summed E-state index contributed by atoms with van der Waals surface area (Å²) in [7, 11) is 2.24. The minimum atomic E-state index is -2.24. The fourth-order valence-corrected chi connectivity index (χ4v) is 3.99. The van der Waals surface area contributed by atoms with E-state index in [1.54, 1.807) is 6.07 Å². The molecule has 7 nitrogen and oxygen atoms in total. The maximum atomic E-state index is 13.6. The van der Waals surface area contributed by atoms with E-state index in [1.807, 2.05) is 0 Å². The van der Waals surface area contributed by atoms with Crippen LogP contribution in [0, 0.1) is 0 Å². The molecule has 1 heterocycles. The minimum absolute atomic E-state index is 0.00191. The first-order chi connectivity index (χ1) is 14.1. The van der Waals surface area contributed by atoms with Crippen molar-refractivity contribution in [1.82, 2.24) is 0 Å². The van der Waals surface area contributed by atoms with Crippen LogP contribution >= 0.6 is 50.7 Å². The maximum absolute atomic E-state index is 13.6. The highest BCUT2D eigenvalue weighted by Gasteiger charge is 2.57. The minimum Gasteiger partial charge on any atom is -0.469 e. The standard InChI is InChI=1S/C19H13BrCl3NO6/c1-28-16(25)8-19(18(27)29-2)24(14-7-12(22)11(21)6-13(14)23)17(26)10-5-9(20)3-4-15(10)30-19/h3-7H,8H2,1-2H3/t19-/m1/s1. The van der Waals surface area contributed by atoms with E-state index >= 15 is 0 Å². The lowest BCUT2D eigenvalue weighted by Gasteiger charge is -2.44. The van der Waals surface area contributed by atoms with Crippen LogP contribution in [-0.4, -0.2) is 37.8 Å². The number of rotatable bonds is 4. The number of benzene rings is 2. The van der Waals surface area contributed by atoms with Gasteiger partial charge in [-0.1, -0.05) is 50.7 Å².